The van der Waals surface area contributed by atoms with Gasteiger partial charge in [-0.25, -0.2) is 0 Å². The van der Waals surface area contributed by atoms with Gasteiger partial charge < -0.3 is 14.0 Å². The van der Waals surface area contributed by atoms with E-state index in [0.29, 0.717) is 22.8 Å². The number of ketones is 1. The fourth-order valence-corrected chi connectivity index (χ4v) is 2.97. The van der Waals surface area contributed by atoms with Gasteiger partial charge >= 0.3 is 0 Å². The summed E-state index contributed by atoms with van der Waals surface area (Å²) in [4.78, 5) is 17.1. The van der Waals surface area contributed by atoms with Crippen molar-refractivity contribution in [3.63, 3.8) is 0 Å². The van der Waals surface area contributed by atoms with Gasteiger partial charge in [-0.2, -0.15) is 14.6 Å². The topological polar surface area (TPSA) is 70.7 Å². The average Bonchev–Trinajstić information content (AvgIpc) is 3.24. The molecule has 4 aromatic rings. The lowest BCUT2D eigenvalue weighted by molar-refractivity contribution is 0.0974. The lowest BCUT2D eigenvalue weighted by atomic mass is 10.1. The highest BCUT2D eigenvalue weighted by molar-refractivity contribution is 5.98. The van der Waals surface area contributed by atoms with Crippen molar-refractivity contribution in [1.82, 2.24) is 19.2 Å². The van der Waals surface area contributed by atoms with E-state index in [-0.39, 0.29) is 12.3 Å². The number of para-hydroxylation sites is 2. The van der Waals surface area contributed by atoms with Gasteiger partial charge in [0.1, 0.15) is 6.33 Å². The smallest absolute Gasteiger partial charge is 0.233 e. The number of methoxy groups -OCH3 is 2. The molecule has 126 valence electrons. The van der Waals surface area contributed by atoms with Crippen LogP contribution >= 0.6 is 0 Å². The summed E-state index contributed by atoms with van der Waals surface area (Å²) in [6.07, 6.45) is 1.49. The molecule has 2 aromatic carbocycles. The van der Waals surface area contributed by atoms with E-state index < -0.39 is 0 Å². The summed E-state index contributed by atoms with van der Waals surface area (Å²) in [7, 11) is 3.11. The molecule has 7 nitrogen and oxygen atoms in total. The van der Waals surface area contributed by atoms with E-state index in [2.05, 4.69) is 10.1 Å². The lowest BCUT2D eigenvalue weighted by Gasteiger charge is -2.09. The van der Waals surface area contributed by atoms with E-state index in [1.165, 1.54) is 6.33 Å². The van der Waals surface area contributed by atoms with E-state index in [0.717, 1.165) is 11.0 Å². The summed E-state index contributed by atoms with van der Waals surface area (Å²) in [5.74, 6) is 1.70. The van der Waals surface area contributed by atoms with Gasteiger partial charge in [0.25, 0.3) is 0 Å². The van der Waals surface area contributed by atoms with Crippen molar-refractivity contribution < 1.29 is 14.3 Å². The third-order valence-electron chi connectivity index (χ3n) is 4.18. The van der Waals surface area contributed by atoms with Gasteiger partial charge in [0.15, 0.2) is 17.3 Å². The fraction of sp³-hybridized carbons (Fsp3) is 0.167. The van der Waals surface area contributed by atoms with Crippen LogP contribution in [0.15, 0.2) is 48.8 Å². The molecular formula is C18H16N4O3. The van der Waals surface area contributed by atoms with Crippen LogP contribution in [0.3, 0.4) is 0 Å². The van der Waals surface area contributed by atoms with Crippen LogP contribution in [0, 0.1) is 0 Å². The monoisotopic (exact) mass is 336 g/mol. The molecule has 7 heteroatoms. The van der Waals surface area contributed by atoms with Crippen LogP contribution in [0.2, 0.25) is 0 Å². The summed E-state index contributed by atoms with van der Waals surface area (Å²) >= 11 is 0. The second-order valence-corrected chi connectivity index (χ2v) is 5.54. The number of carbonyl (C=O) groups is 1. The minimum Gasteiger partial charge on any atom is -0.493 e. The van der Waals surface area contributed by atoms with Crippen molar-refractivity contribution in [3.05, 3.63) is 54.4 Å². The normalized spacial score (nSPS) is 11.1. The van der Waals surface area contributed by atoms with Crippen molar-refractivity contribution in [2.24, 2.45) is 0 Å². The molecule has 0 N–H and O–H groups in total. The Kier molecular flexibility index (Phi) is 3.61. The molecule has 0 saturated carbocycles. The number of fused-ring (bicyclic) bond motifs is 3. The van der Waals surface area contributed by atoms with E-state index in [1.54, 1.807) is 36.9 Å². The van der Waals surface area contributed by atoms with Gasteiger partial charge in [-0.05, 0) is 30.3 Å². The predicted octanol–water partition coefficient (Wildman–Crippen LogP) is 2.58. The van der Waals surface area contributed by atoms with Crippen molar-refractivity contribution in [1.29, 1.82) is 0 Å². The van der Waals surface area contributed by atoms with E-state index in [9.17, 15) is 4.79 Å². The van der Waals surface area contributed by atoms with E-state index in [4.69, 9.17) is 9.47 Å². The summed E-state index contributed by atoms with van der Waals surface area (Å²) in [6.45, 7) is 0.158. The Hall–Kier alpha value is -3.35. The summed E-state index contributed by atoms with van der Waals surface area (Å²) in [6, 6.07) is 12.9. The van der Waals surface area contributed by atoms with Crippen LogP contribution in [0.5, 0.6) is 11.5 Å². The Morgan fingerprint density at radius 2 is 1.80 bits per heavy atom. The maximum Gasteiger partial charge on any atom is 0.233 e. The summed E-state index contributed by atoms with van der Waals surface area (Å²) in [5.41, 5.74) is 2.37. The molecule has 0 saturated heterocycles. The largest absolute Gasteiger partial charge is 0.493 e. The maximum absolute atomic E-state index is 12.8. The second-order valence-electron chi connectivity index (χ2n) is 5.54. The highest BCUT2D eigenvalue weighted by atomic mass is 16.5. The lowest BCUT2D eigenvalue weighted by Crippen LogP contribution is -2.11. The first-order chi connectivity index (χ1) is 12.2. The summed E-state index contributed by atoms with van der Waals surface area (Å²) < 4.78 is 14.1. The van der Waals surface area contributed by atoms with Gasteiger partial charge in [0.05, 0.1) is 31.8 Å². The number of imidazole rings is 1. The molecule has 2 heterocycles. The molecule has 0 spiro atoms. The number of hydrogen-bond donors (Lipinski definition) is 0. The zero-order valence-electron chi connectivity index (χ0n) is 13.8. The quantitative estimate of drug-likeness (QED) is 0.524. The van der Waals surface area contributed by atoms with Gasteiger partial charge in [0, 0.05) is 5.56 Å². The predicted molar refractivity (Wildman–Crippen MR) is 92.4 cm³/mol. The van der Waals surface area contributed by atoms with Crippen molar-refractivity contribution in [2.45, 2.75) is 6.54 Å². The molecule has 0 fully saturated rings. The van der Waals surface area contributed by atoms with Gasteiger partial charge in [-0.1, -0.05) is 12.1 Å². The molecule has 0 aliphatic heterocycles. The number of ether oxygens (including phenoxy) is 2. The van der Waals surface area contributed by atoms with Crippen LogP contribution in [0.25, 0.3) is 16.8 Å². The first-order valence-corrected chi connectivity index (χ1v) is 7.75. The molecule has 0 aliphatic rings. The molecule has 25 heavy (non-hydrogen) atoms. The molecule has 0 aliphatic carbocycles. The SMILES string of the molecule is COc1ccc(C(=O)Cn2c3ccccc3n3ncnc23)cc1OC. The summed E-state index contributed by atoms with van der Waals surface area (Å²) in [5, 5.41) is 4.23. The first-order valence-electron chi connectivity index (χ1n) is 7.75. The Morgan fingerprint density at radius 3 is 2.56 bits per heavy atom. The highest BCUT2D eigenvalue weighted by Gasteiger charge is 2.17. The average molecular weight is 336 g/mol. The van der Waals surface area contributed by atoms with Crippen LogP contribution in [0.1, 0.15) is 10.4 Å². The Balaban J connectivity index is 1.76. The number of carbonyl (C=O) groups excluding carboxylic acids is 1. The van der Waals surface area contributed by atoms with E-state index in [1.807, 2.05) is 28.8 Å². The third kappa shape index (κ3) is 2.40. The van der Waals surface area contributed by atoms with E-state index >= 15 is 0 Å². The molecule has 2 aromatic heterocycles. The maximum atomic E-state index is 12.8. The van der Waals surface area contributed by atoms with Crippen LogP contribution in [0.4, 0.5) is 0 Å². The van der Waals surface area contributed by atoms with Gasteiger partial charge in [-0.15, -0.1) is 0 Å². The van der Waals surface area contributed by atoms with Crippen LogP contribution in [-0.4, -0.2) is 39.2 Å². The molecule has 0 amide bonds. The molecule has 0 bridgehead atoms. The number of nitrogens with zero attached hydrogens (tertiary/aromatic N) is 4. The Labute approximate surface area is 143 Å². The highest BCUT2D eigenvalue weighted by Crippen LogP contribution is 2.28. The minimum absolute atomic E-state index is 0.0489. The Morgan fingerprint density at radius 1 is 1.04 bits per heavy atom. The third-order valence-corrected chi connectivity index (χ3v) is 4.18. The second kappa shape index (κ2) is 5.94. The van der Waals surface area contributed by atoms with Crippen LogP contribution < -0.4 is 9.47 Å². The fourth-order valence-electron chi connectivity index (χ4n) is 2.97. The molecule has 0 radical (unpaired) electrons. The number of rotatable bonds is 5. The zero-order chi connectivity index (χ0) is 17.4. The molecular weight excluding hydrogens is 320 g/mol. The number of aromatic nitrogens is 4. The van der Waals surface area contributed by atoms with Gasteiger partial charge in [-0.3, -0.25) is 4.79 Å². The zero-order valence-corrected chi connectivity index (χ0v) is 13.8. The van der Waals surface area contributed by atoms with Crippen molar-refractivity contribution in [3.8, 4) is 11.5 Å². The number of hydrogen-bond acceptors (Lipinski definition) is 5. The molecule has 0 unspecified atom stereocenters. The number of benzene rings is 2. The molecule has 0 atom stereocenters. The first kappa shape index (κ1) is 15.2. The standard InChI is InChI=1S/C18H16N4O3/c1-24-16-8-7-12(9-17(16)25-2)15(23)10-21-13-5-3-4-6-14(13)22-18(21)19-11-20-22/h3-9,11H,10H2,1-2H3. The van der Waals surface area contributed by atoms with Gasteiger partial charge in [0.2, 0.25) is 5.78 Å². The molecule has 4 rings (SSSR count). The minimum atomic E-state index is -0.0489. The number of Topliss-reactive ketones (excluding diaryl/α,β-unsaturated/α-hetero) is 1. The van der Waals surface area contributed by atoms with Crippen molar-refractivity contribution in [2.75, 3.05) is 14.2 Å². The van der Waals surface area contributed by atoms with Crippen LogP contribution in [-0.2, 0) is 6.54 Å². The Bertz CT molecular complexity index is 1080. The van der Waals surface area contributed by atoms with Crippen molar-refractivity contribution >= 4 is 22.6 Å².